The van der Waals surface area contributed by atoms with Crippen molar-refractivity contribution in [2.45, 2.75) is 276 Å². The van der Waals surface area contributed by atoms with E-state index in [0.717, 1.165) is 64.2 Å². The molecule has 63 heavy (non-hydrogen) atoms. The zero-order chi connectivity index (χ0) is 45.6. The summed E-state index contributed by atoms with van der Waals surface area (Å²) in [7, 11) is 0. The smallest absolute Gasteiger partial charge is 0.220 e. The topological polar surface area (TPSA) is 69.6 Å². The summed E-state index contributed by atoms with van der Waals surface area (Å²) >= 11 is 0. The Hall–Kier alpha value is -2.43. The molecule has 0 bridgehead atoms. The Kier molecular flexibility index (Phi) is 51.8. The molecule has 3 N–H and O–H groups in total. The van der Waals surface area contributed by atoms with Gasteiger partial charge in [-0.25, -0.2) is 0 Å². The minimum absolute atomic E-state index is 0.0762. The molecular formula is C59H105NO3. The van der Waals surface area contributed by atoms with Gasteiger partial charge < -0.3 is 15.5 Å². The standard InChI is InChI=1S/C59H105NO3/c1-3-5-7-9-11-13-15-17-19-21-23-25-27-28-29-30-31-32-33-35-37-39-41-43-45-47-49-51-53-55-59(63)60-57(56-61)58(62)54-52-50-48-46-44-42-40-38-36-34-26-24-22-20-18-16-14-12-10-8-6-4-2/h5,7,11,13,17,19,23,25,28-29,44,46,52,54,57-58,61-62H,3-4,6,8-10,12,14-16,18,20-22,24,26-27,30-43,45,47-51,53,55-56H2,1-2H3,(H,60,63)/b7-5-,13-11-,19-17-,25-23-,29-28-,46-44+,54-52+. The van der Waals surface area contributed by atoms with Gasteiger partial charge in [0.2, 0.25) is 5.91 Å². The van der Waals surface area contributed by atoms with Crippen LogP contribution in [-0.4, -0.2) is 34.9 Å². The van der Waals surface area contributed by atoms with Crippen molar-refractivity contribution in [1.29, 1.82) is 0 Å². The van der Waals surface area contributed by atoms with Crippen LogP contribution in [0.4, 0.5) is 0 Å². The predicted octanol–water partition coefficient (Wildman–Crippen LogP) is 18.0. The molecule has 0 aromatic heterocycles. The Labute approximate surface area is 392 Å². The van der Waals surface area contributed by atoms with Gasteiger partial charge in [0.25, 0.3) is 0 Å². The van der Waals surface area contributed by atoms with Crippen LogP contribution in [0, 0.1) is 0 Å². The van der Waals surface area contributed by atoms with Gasteiger partial charge in [-0.1, -0.05) is 266 Å². The van der Waals surface area contributed by atoms with Gasteiger partial charge in [0, 0.05) is 6.42 Å². The number of nitrogens with one attached hydrogen (secondary N) is 1. The summed E-state index contributed by atoms with van der Waals surface area (Å²) in [6.45, 7) is 4.20. The minimum Gasteiger partial charge on any atom is -0.394 e. The highest BCUT2D eigenvalue weighted by Gasteiger charge is 2.17. The maximum atomic E-state index is 12.5. The molecule has 0 rings (SSSR count). The van der Waals surface area contributed by atoms with Crippen LogP contribution in [0.3, 0.4) is 0 Å². The summed E-state index contributed by atoms with van der Waals surface area (Å²) in [4.78, 5) is 12.5. The first kappa shape index (κ1) is 60.6. The Morgan fingerprint density at radius 2 is 0.714 bits per heavy atom. The maximum absolute atomic E-state index is 12.5. The number of rotatable bonds is 49. The van der Waals surface area contributed by atoms with E-state index < -0.39 is 12.1 Å². The quantitative estimate of drug-likeness (QED) is 0.0421. The van der Waals surface area contributed by atoms with E-state index in [9.17, 15) is 15.0 Å². The number of hydrogen-bond donors (Lipinski definition) is 3. The monoisotopic (exact) mass is 876 g/mol. The van der Waals surface area contributed by atoms with E-state index in [0.29, 0.717) is 6.42 Å². The molecule has 0 saturated carbocycles. The van der Waals surface area contributed by atoms with E-state index in [-0.39, 0.29) is 12.5 Å². The fourth-order valence-electron chi connectivity index (χ4n) is 7.99. The van der Waals surface area contributed by atoms with Crippen molar-refractivity contribution in [2.24, 2.45) is 0 Å². The lowest BCUT2D eigenvalue weighted by molar-refractivity contribution is -0.123. The molecule has 0 spiro atoms. The lowest BCUT2D eigenvalue weighted by Crippen LogP contribution is -2.45. The summed E-state index contributed by atoms with van der Waals surface area (Å²) in [6, 6.07) is -0.645. The first-order valence-corrected chi connectivity index (χ1v) is 27.3. The van der Waals surface area contributed by atoms with Gasteiger partial charge in [0.1, 0.15) is 0 Å². The van der Waals surface area contributed by atoms with E-state index in [2.05, 4.69) is 92.1 Å². The molecule has 2 atom stereocenters. The first-order valence-electron chi connectivity index (χ1n) is 27.3. The number of aliphatic hydroxyl groups is 2. The molecule has 2 unspecified atom stereocenters. The molecule has 0 radical (unpaired) electrons. The maximum Gasteiger partial charge on any atom is 0.220 e. The number of aliphatic hydroxyl groups excluding tert-OH is 2. The molecule has 0 aliphatic carbocycles. The molecule has 0 heterocycles. The second-order valence-electron chi connectivity index (χ2n) is 18.3. The number of carbonyl (C=O) groups is 1. The number of allylic oxidation sites excluding steroid dienone is 13. The highest BCUT2D eigenvalue weighted by atomic mass is 16.3. The second-order valence-corrected chi connectivity index (χ2v) is 18.3. The predicted molar refractivity (Wildman–Crippen MR) is 280 cm³/mol. The highest BCUT2D eigenvalue weighted by Crippen LogP contribution is 2.16. The van der Waals surface area contributed by atoms with Crippen LogP contribution >= 0.6 is 0 Å². The van der Waals surface area contributed by atoms with Gasteiger partial charge >= 0.3 is 0 Å². The summed E-state index contributed by atoms with van der Waals surface area (Å²) in [6.07, 6.45) is 78.8. The number of carbonyl (C=O) groups excluding carboxylic acids is 1. The summed E-state index contributed by atoms with van der Waals surface area (Å²) in [5.74, 6) is -0.0762. The zero-order valence-electron chi connectivity index (χ0n) is 41.8. The highest BCUT2D eigenvalue weighted by molar-refractivity contribution is 5.76. The summed E-state index contributed by atoms with van der Waals surface area (Å²) in [5, 5.41) is 23.1. The number of unbranched alkanes of at least 4 members (excludes halogenated alkanes) is 30. The zero-order valence-corrected chi connectivity index (χ0v) is 41.8. The molecule has 0 saturated heterocycles. The van der Waals surface area contributed by atoms with Crippen molar-refractivity contribution in [3.63, 3.8) is 0 Å². The van der Waals surface area contributed by atoms with Gasteiger partial charge in [-0.05, 0) is 77.0 Å². The van der Waals surface area contributed by atoms with Gasteiger partial charge in [-0.2, -0.15) is 0 Å². The third-order valence-electron chi connectivity index (χ3n) is 12.1. The average Bonchev–Trinajstić information content (AvgIpc) is 3.29. The Bertz CT molecular complexity index is 1130. The van der Waals surface area contributed by atoms with E-state index in [1.54, 1.807) is 6.08 Å². The Balaban J connectivity index is 3.57. The summed E-state index contributed by atoms with van der Waals surface area (Å²) < 4.78 is 0. The van der Waals surface area contributed by atoms with Crippen molar-refractivity contribution in [2.75, 3.05) is 6.61 Å². The van der Waals surface area contributed by atoms with Crippen molar-refractivity contribution in [1.82, 2.24) is 5.32 Å². The average molecular weight is 876 g/mol. The lowest BCUT2D eigenvalue weighted by Gasteiger charge is -2.19. The Morgan fingerprint density at radius 1 is 0.397 bits per heavy atom. The van der Waals surface area contributed by atoms with Crippen LogP contribution < -0.4 is 5.32 Å². The molecule has 0 aliphatic heterocycles. The minimum atomic E-state index is -0.867. The SMILES string of the molecule is CC/C=C\C/C=C\C/C=C\C/C=C\C/C=C\CCCCCCCCCCCCCCCC(=O)NC(CO)C(O)/C=C/CC/C=C/CCCCCCCCCCCCCCCCCC. The molecule has 4 heteroatoms. The van der Waals surface area contributed by atoms with Crippen molar-refractivity contribution in [3.05, 3.63) is 85.1 Å². The van der Waals surface area contributed by atoms with Crippen LogP contribution in [0.15, 0.2) is 85.1 Å². The van der Waals surface area contributed by atoms with E-state index >= 15 is 0 Å². The Morgan fingerprint density at radius 3 is 1.11 bits per heavy atom. The number of hydrogen-bond acceptors (Lipinski definition) is 3. The van der Waals surface area contributed by atoms with Gasteiger partial charge in [-0.3, -0.25) is 4.79 Å². The van der Waals surface area contributed by atoms with Gasteiger partial charge in [0.05, 0.1) is 18.8 Å². The largest absolute Gasteiger partial charge is 0.394 e. The van der Waals surface area contributed by atoms with Crippen molar-refractivity contribution in [3.8, 4) is 0 Å². The molecule has 0 aromatic rings. The molecule has 0 fully saturated rings. The van der Waals surface area contributed by atoms with Crippen LogP contribution in [0.1, 0.15) is 264 Å². The molecule has 0 aliphatic rings. The van der Waals surface area contributed by atoms with Gasteiger partial charge in [-0.15, -0.1) is 0 Å². The first-order chi connectivity index (χ1) is 31.2. The molecule has 4 nitrogen and oxygen atoms in total. The van der Waals surface area contributed by atoms with E-state index in [1.165, 1.54) is 180 Å². The van der Waals surface area contributed by atoms with Crippen LogP contribution in [-0.2, 0) is 4.79 Å². The van der Waals surface area contributed by atoms with Crippen molar-refractivity contribution < 1.29 is 15.0 Å². The summed E-state index contributed by atoms with van der Waals surface area (Å²) in [5.41, 5.74) is 0. The molecule has 1 amide bonds. The number of amides is 1. The van der Waals surface area contributed by atoms with Crippen LogP contribution in [0.25, 0.3) is 0 Å². The van der Waals surface area contributed by atoms with Crippen LogP contribution in [0.2, 0.25) is 0 Å². The second kappa shape index (κ2) is 53.9. The third-order valence-corrected chi connectivity index (χ3v) is 12.1. The third kappa shape index (κ3) is 50.4. The lowest BCUT2D eigenvalue weighted by atomic mass is 10.0. The van der Waals surface area contributed by atoms with Crippen molar-refractivity contribution >= 4 is 5.91 Å². The molecule has 364 valence electrons. The normalized spacial score (nSPS) is 13.5. The van der Waals surface area contributed by atoms with Crippen LogP contribution in [0.5, 0.6) is 0 Å². The molecular weight excluding hydrogens is 771 g/mol. The van der Waals surface area contributed by atoms with E-state index in [4.69, 9.17) is 0 Å². The van der Waals surface area contributed by atoms with Gasteiger partial charge in [0.15, 0.2) is 0 Å². The van der Waals surface area contributed by atoms with E-state index in [1.807, 2.05) is 6.08 Å². The fourth-order valence-corrected chi connectivity index (χ4v) is 7.99. The molecule has 0 aromatic carbocycles. The fraction of sp³-hybridized carbons (Fsp3) is 0.746.